The number of ketones is 3. The van der Waals surface area contributed by atoms with Gasteiger partial charge in [-0.15, -0.1) is 0 Å². The molecule has 10 nitrogen and oxygen atoms in total. The van der Waals surface area contributed by atoms with Crippen LogP contribution in [0.1, 0.15) is 127 Å². The Morgan fingerprint density at radius 2 is 0.500 bits per heavy atom. The van der Waals surface area contributed by atoms with Crippen molar-refractivity contribution in [1.82, 2.24) is 0 Å². The molecule has 0 amide bonds. The Kier molecular flexibility index (Phi) is 27.1. The van der Waals surface area contributed by atoms with Gasteiger partial charge < -0.3 is 34.1 Å². The Morgan fingerprint density at radius 3 is 0.700 bits per heavy atom. The molecular weight excluding hydrogens is 1280 g/mol. The predicted molar refractivity (Wildman–Crippen MR) is 357 cm³/mol. The van der Waals surface area contributed by atoms with Crippen molar-refractivity contribution in [2.24, 2.45) is 0 Å². The van der Waals surface area contributed by atoms with Gasteiger partial charge in [0.1, 0.15) is 17.2 Å². The van der Waals surface area contributed by atoms with Gasteiger partial charge in [0, 0.05) is 32.6 Å². The van der Waals surface area contributed by atoms with E-state index in [2.05, 4.69) is 62.3 Å². The molecule has 0 aromatic heterocycles. The number of hydrogen-bond acceptors (Lipinski definition) is 10. The number of benzene rings is 9. The van der Waals surface area contributed by atoms with Gasteiger partial charge in [-0.05, 0) is 129 Å². The summed E-state index contributed by atoms with van der Waals surface area (Å²) in [5.74, 6) is 0.235. The van der Waals surface area contributed by atoms with E-state index in [1.165, 1.54) is 0 Å². The minimum absolute atomic E-state index is 0. The van der Waals surface area contributed by atoms with Crippen molar-refractivity contribution in [2.45, 2.75) is 78.6 Å². The number of ether oxygens (including phenoxy) is 3. The van der Waals surface area contributed by atoms with E-state index in [0.717, 1.165) is 50.8 Å². The fourth-order valence-corrected chi connectivity index (χ4v) is 11.6. The SMILES string of the molecule is COc1ccc(/C([O-])=C/C(=O)c2ccc(C(C)(C)C)cc2)cc1.COc1ccc(C(=O)/C=C(\[O-])c2ccc(C(C)(C)C)cc2)cc1.COc1ccc(C(=O)/C=C(\[O-])c2ccc(C(C)(C)C)cc2)cc1.O=P(c1ccccc1)(c1ccccc1)c1ccccc1.[Eu+3]. The van der Waals surface area contributed by atoms with E-state index in [1.807, 2.05) is 127 Å². The molecule has 0 unspecified atom stereocenters. The third-order valence-corrected chi connectivity index (χ3v) is 17.5. The van der Waals surface area contributed by atoms with E-state index < -0.39 is 7.14 Å². The Morgan fingerprint density at radius 1 is 0.311 bits per heavy atom. The molecule has 0 bridgehead atoms. The summed E-state index contributed by atoms with van der Waals surface area (Å²) in [6.45, 7) is 19.0. The molecule has 12 heteroatoms. The van der Waals surface area contributed by atoms with E-state index in [-0.39, 0.29) is 100 Å². The van der Waals surface area contributed by atoms with Crippen molar-refractivity contribution in [3.63, 3.8) is 0 Å². The molecule has 0 atom stereocenters. The van der Waals surface area contributed by atoms with Crippen LogP contribution in [-0.4, -0.2) is 38.7 Å². The standard InChI is InChI=1S/3C20H22O3.C18H15OP.Eu/c3*1-20(2,3)16-9-5-14(6-10-16)18(21)13-19(22)15-7-11-17(23-4)12-8-15;19-20(16-10-4-1-5-11-16,17-12-6-2-7-13-17)18-14-8-3-9-15-18;/h5-13,22H,1-4H3;2*5-13,21H,1-4H3;1-15H;/q;;;;+3/p-3/b19-13-;2*18-13-;;. The van der Waals surface area contributed by atoms with Crippen LogP contribution in [-0.2, 0) is 20.8 Å². The molecular formula is C78H78EuO10P. The zero-order valence-corrected chi connectivity index (χ0v) is 56.5. The monoisotopic (exact) mass is 1360 g/mol. The maximum atomic E-state index is 13.8. The zero-order valence-electron chi connectivity index (χ0n) is 53.2. The first-order valence-corrected chi connectivity index (χ1v) is 30.8. The van der Waals surface area contributed by atoms with Crippen molar-refractivity contribution in [1.29, 1.82) is 0 Å². The summed E-state index contributed by atoms with van der Waals surface area (Å²) >= 11 is 0. The van der Waals surface area contributed by atoms with Crippen LogP contribution in [0.5, 0.6) is 17.2 Å². The summed E-state index contributed by atoms with van der Waals surface area (Å²) in [4.78, 5) is 36.5. The molecule has 0 aliphatic heterocycles. The van der Waals surface area contributed by atoms with Crippen LogP contribution in [0.2, 0.25) is 0 Å². The molecule has 0 aliphatic carbocycles. The van der Waals surface area contributed by atoms with Crippen molar-refractivity contribution in [2.75, 3.05) is 21.3 Å². The van der Waals surface area contributed by atoms with Crippen LogP contribution in [0.4, 0.5) is 0 Å². The average molecular weight is 1360 g/mol. The van der Waals surface area contributed by atoms with Gasteiger partial charge in [-0.1, -0.05) is 256 Å². The van der Waals surface area contributed by atoms with Gasteiger partial charge in [-0.2, -0.15) is 0 Å². The number of allylic oxidation sites excluding steroid dienone is 3. The Hall–Kier alpha value is -8.18. The van der Waals surface area contributed by atoms with E-state index in [1.54, 1.807) is 131 Å². The van der Waals surface area contributed by atoms with Crippen molar-refractivity contribution in [3.8, 4) is 17.2 Å². The molecule has 0 aliphatic rings. The number of carbonyl (C=O) groups excluding carboxylic acids is 3. The molecule has 0 N–H and O–H groups in total. The predicted octanol–water partition coefficient (Wildman–Crippen LogP) is 14.1. The summed E-state index contributed by atoms with van der Waals surface area (Å²) < 4.78 is 29.0. The normalized spacial score (nSPS) is 11.8. The van der Waals surface area contributed by atoms with Crippen molar-refractivity contribution >= 4 is 57.7 Å². The first-order chi connectivity index (χ1) is 42.2. The molecule has 9 aromatic rings. The van der Waals surface area contributed by atoms with E-state index in [4.69, 9.17) is 14.2 Å². The van der Waals surface area contributed by atoms with Gasteiger partial charge >= 0.3 is 49.4 Å². The van der Waals surface area contributed by atoms with Gasteiger partial charge in [-0.25, -0.2) is 0 Å². The molecule has 9 rings (SSSR count). The second-order valence-electron chi connectivity index (χ2n) is 23.9. The van der Waals surface area contributed by atoms with Crippen LogP contribution < -0.4 is 45.4 Å². The molecule has 0 spiro atoms. The van der Waals surface area contributed by atoms with Crippen LogP contribution in [0, 0.1) is 49.4 Å². The third-order valence-electron chi connectivity index (χ3n) is 14.4. The van der Waals surface area contributed by atoms with Gasteiger partial charge in [0.2, 0.25) is 0 Å². The molecule has 0 fully saturated rings. The topological polar surface area (TPSA) is 165 Å². The number of carbonyl (C=O) groups is 3. The Bertz CT molecular complexity index is 3640. The summed E-state index contributed by atoms with van der Waals surface area (Å²) in [5.41, 5.74) is 6.47. The van der Waals surface area contributed by atoms with Gasteiger partial charge in [-0.3, -0.25) is 14.4 Å². The van der Waals surface area contributed by atoms with E-state index in [9.17, 15) is 34.3 Å². The number of hydrogen-bond donors (Lipinski definition) is 0. The summed E-state index contributed by atoms with van der Waals surface area (Å²) in [5, 5.41) is 39.2. The van der Waals surface area contributed by atoms with Crippen molar-refractivity contribution < 1.29 is 97.9 Å². The van der Waals surface area contributed by atoms with E-state index >= 15 is 0 Å². The Labute approximate surface area is 572 Å². The van der Waals surface area contributed by atoms with Gasteiger partial charge in [0.15, 0.2) is 24.5 Å². The van der Waals surface area contributed by atoms with Crippen molar-refractivity contribution in [3.05, 3.63) is 305 Å². The summed E-state index contributed by atoms with van der Waals surface area (Å²) in [6.07, 6.45) is 3.40. The van der Waals surface area contributed by atoms with Crippen LogP contribution in [0.15, 0.2) is 255 Å². The maximum Gasteiger partial charge on any atom is 3.00 e. The molecule has 0 saturated carbocycles. The molecule has 0 heterocycles. The smallest absolute Gasteiger partial charge is 0.872 e. The first-order valence-electron chi connectivity index (χ1n) is 29.1. The second kappa shape index (κ2) is 33.6. The molecule has 462 valence electrons. The van der Waals surface area contributed by atoms with Gasteiger partial charge in [0.05, 0.1) is 21.3 Å². The minimum atomic E-state index is -2.78. The molecule has 90 heavy (non-hydrogen) atoms. The fourth-order valence-electron chi connectivity index (χ4n) is 8.89. The zero-order chi connectivity index (χ0) is 64.9. The molecule has 9 aromatic carbocycles. The maximum absolute atomic E-state index is 13.8. The van der Waals surface area contributed by atoms with Crippen LogP contribution >= 0.6 is 7.14 Å². The van der Waals surface area contributed by atoms with E-state index in [0.29, 0.717) is 50.6 Å². The second-order valence-corrected chi connectivity index (χ2v) is 26.7. The van der Waals surface area contributed by atoms with Crippen LogP contribution in [0.3, 0.4) is 0 Å². The third kappa shape index (κ3) is 21.0. The summed E-state index contributed by atoms with van der Waals surface area (Å²) in [6, 6.07) is 71.4. The minimum Gasteiger partial charge on any atom is -0.872 e. The molecule has 0 saturated heterocycles. The molecule has 0 radical (unpaired) electrons. The first kappa shape index (κ1) is 72.6. The number of methoxy groups -OCH3 is 3. The largest absolute Gasteiger partial charge is 3.00 e. The Balaban J connectivity index is 0.000000218. The average Bonchev–Trinajstić information content (AvgIpc) is 0.966. The van der Waals surface area contributed by atoms with Crippen LogP contribution in [0.25, 0.3) is 17.3 Å². The summed E-state index contributed by atoms with van der Waals surface area (Å²) in [7, 11) is 1.91. The quantitative estimate of drug-likeness (QED) is 0.0417. The fraction of sp³-hybridized carbons (Fsp3) is 0.192. The van der Waals surface area contributed by atoms with Gasteiger partial charge in [0.25, 0.3) is 0 Å². The number of rotatable bonds is 15.